The van der Waals surface area contributed by atoms with Crippen LogP contribution in [0.1, 0.15) is 24.0 Å². The lowest BCUT2D eigenvalue weighted by molar-refractivity contribution is -0.385. The first-order valence-corrected chi connectivity index (χ1v) is 9.11. The number of nitro benzene ring substituents is 1. The van der Waals surface area contributed by atoms with Crippen LogP contribution in [0.3, 0.4) is 0 Å². The van der Waals surface area contributed by atoms with Gasteiger partial charge in [-0.25, -0.2) is 8.42 Å². The van der Waals surface area contributed by atoms with Gasteiger partial charge in [0, 0.05) is 24.7 Å². The number of piperidine rings is 1. The topological polar surface area (TPSA) is 92.6 Å². The Bertz CT molecular complexity index is 701. The summed E-state index contributed by atoms with van der Waals surface area (Å²) in [5.41, 5.74) is 0.865. The molecule has 0 unspecified atom stereocenters. The lowest BCUT2D eigenvalue weighted by Gasteiger charge is -2.31. The van der Waals surface area contributed by atoms with Crippen LogP contribution in [-0.4, -0.2) is 44.3 Å². The van der Waals surface area contributed by atoms with Crippen LogP contribution < -0.4 is 5.32 Å². The predicted octanol–water partition coefficient (Wildman–Crippen LogP) is 2.25. The Balaban J connectivity index is 0.00000288. The molecule has 0 saturated carbocycles. The van der Waals surface area contributed by atoms with Crippen LogP contribution in [0, 0.1) is 29.9 Å². The molecule has 9 heteroatoms. The smallest absolute Gasteiger partial charge is 0.273 e. The molecule has 0 radical (unpaired) electrons. The van der Waals surface area contributed by atoms with E-state index >= 15 is 0 Å². The number of sulfonamides is 1. The number of hydrogen-bond acceptors (Lipinski definition) is 5. The molecule has 1 fully saturated rings. The van der Waals surface area contributed by atoms with E-state index in [1.807, 2.05) is 7.05 Å². The molecular weight excluding hydrogens is 354 g/mol. The third kappa shape index (κ3) is 4.24. The molecular formula is C15H24ClN3O4S. The van der Waals surface area contributed by atoms with Gasteiger partial charge in [-0.15, -0.1) is 12.4 Å². The summed E-state index contributed by atoms with van der Waals surface area (Å²) in [6.07, 6.45) is 1.60. The number of hydrogen-bond donors (Lipinski definition) is 1. The predicted molar refractivity (Wildman–Crippen MR) is 95.2 cm³/mol. The van der Waals surface area contributed by atoms with Crippen molar-refractivity contribution >= 4 is 28.1 Å². The summed E-state index contributed by atoms with van der Waals surface area (Å²) in [5.74, 6) is 0.472. The normalized spacial score (nSPS) is 16.6. The average molecular weight is 378 g/mol. The van der Waals surface area contributed by atoms with Crippen molar-refractivity contribution in [2.24, 2.45) is 5.92 Å². The Labute approximate surface area is 149 Å². The third-order valence-corrected chi connectivity index (χ3v) is 6.41. The zero-order valence-electron chi connectivity index (χ0n) is 14.1. The average Bonchev–Trinajstić information content (AvgIpc) is 2.47. The summed E-state index contributed by atoms with van der Waals surface area (Å²) in [6.45, 7) is 5.08. The van der Waals surface area contributed by atoms with Gasteiger partial charge < -0.3 is 5.32 Å². The van der Waals surface area contributed by atoms with E-state index in [9.17, 15) is 18.5 Å². The maximum absolute atomic E-state index is 12.8. The molecule has 1 aromatic carbocycles. The van der Waals surface area contributed by atoms with Crippen LogP contribution in [0.4, 0.5) is 5.69 Å². The number of rotatable bonds is 5. The zero-order valence-corrected chi connectivity index (χ0v) is 15.7. The molecule has 0 spiro atoms. The van der Waals surface area contributed by atoms with E-state index < -0.39 is 14.9 Å². The molecule has 0 atom stereocenters. The summed E-state index contributed by atoms with van der Waals surface area (Å²) in [5, 5.41) is 14.2. The van der Waals surface area contributed by atoms with Crippen molar-refractivity contribution in [3.05, 3.63) is 33.4 Å². The van der Waals surface area contributed by atoms with Gasteiger partial charge in [0.05, 0.1) is 9.82 Å². The molecule has 1 aliphatic heterocycles. The fourth-order valence-electron chi connectivity index (χ4n) is 3.08. The highest BCUT2D eigenvalue weighted by Gasteiger charge is 2.31. The second-order valence-corrected chi connectivity index (χ2v) is 7.97. The molecule has 2 rings (SSSR count). The monoisotopic (exact) mass is 377 g/mol. The van der Waals surface area contributed by atoms with Gasteiger partial charge in [0.2, 0.25) is 10.0 Å². The molecule has 1 aliphatic rings. The van der Waals surface area contributed by atoms with Crippen LogP contribution in [0.2, 0.25) is 0 Å². The minimum Gasteiger partial charge on any atom is -0.319 e. The number of nitrogens with one attached hydrogen (secondary N) is 1. The van der Waals surface area contributed by atoms with E-state index in [-0.39, 0.29) is 23.0 Å². The van der Waals surface area contributed by atoms with E-state index in [1.165, 1.54) is 10.4 Å². The van der Waals surface area contributed by atoms with E-state index in [0.29, 0.717) is 30.1 Å². The van der Waals surface area contributed by atoms with Gasteiger partial charge in [-0.2, -0.15) is 4.31 Å². The van der Waals surface area contributed by atoms with Crippen LogP contribution >= 0.6 is 12.4 Å². The molecule has 136 valence electrons. The van der Waals surface area contributed by atoms with Crippen LogP contribution in [-0.2, 0) is 10.0 Å². The SMILES string of the molecule is CNCC1CCN(S(=O)(=O)c2cc([N+](=O)[O-])c(C)cc2C)CC1.Cl. The van der Waals surface area contributed by atoms with Gasteiger partial charge in [0.25, 0.3) is 5.69 Å². The Hall–Kier alpha value is -1.22. The van der Waals surface area contributed by atoms with Crippen molar-refractivity contribution in [3.63, 3.8) is 0 Å². The van der Waals surface area contributed by atoms with Crippen molar-refractivity contribution < 1.29 is 13.3 Å². The Morgan fingerprint density at radius 1 is 1.25 bits per heavy atom. The summed E-state index contributed by atoms with van der Waals surface area (Å²) >= 11 is 0. The molecule has 7 nitrogen and oxygen atoms in total. The molecule has 1 saturated heterocycles. The number of aryl methyl sites for hydroxylation is 2. The number of nitrogens with zero attached hydrogens (tertiary/aromatic N) is 2. The zero-order chi connectivity index (χ0) is 17.2. The highest BCUT2D eigenvalue weighted by molar-refractivity contribution is 7.89. The van der Waals surface area contributed by atoms with Crippen molar-refractivity contribution in [1.29, 1.82) is 0 Å². The van der Waals surface area contributed by atoms with Crippen LogP contribution in [0.25, 0.3) is 0 Å². The Morgan fingerprint density at radius 2 is 1.83 bits per heavy atom. The van der Waals surface area contributed by atoms with E-state index in [1.54, 1.807) is 19.9 Å². The maximum atomic E-state index is 12.8. The van der Waals surface area contributed by atoms with Crippen molar-refractivity contribution in [2.45, 2.75) is 31.6 Å². The third-order valence-electron chi connectivity index (χ3n) is 4.37. The first-order chi connectivity index (χ1) is 10.8. The van der Waals surface area contributed by atoms with Gasteiger partial charge in [-0.3, -0.25) is 10.1 Å². The number of benzene rings is 1. The second-order valence-electron chi connectivity index (χ2n) is 6.07. The van der Waals surface area contributed by atoms with Crippen molar-refractivity contribution in [2.75, 3.05) is 26.7 Å². The first kappa shape index (κ1) is 20.8. The van der Waals surface area contributed by atoms with Gasteiger partial charge in [0.15, 0.2) is 0 Å². The lowest BCUT2D eigenvalue weighted by Crippen LogP contribution is -2.40. The van der Waals surface area contributed by atoms with Gasteiger partial charge in [-0.1, -0.05) is 0 Å². The Morgan fingerprint density at radius 3 is 2.33 bits per heavy atom. The molecule has 1 heterocycles. The van der Waals surface area contributed by atoms with E-state index in [4.69, 9.17) is 0 Å². The maximum Gasteiger partial charge on any atom is 0.273 e. The first-order valence-electron chi connectivity index (χ1n) is 7.67. The van der Waals surface area contributed by atoms with Crippen LogP contribution in [0.5, 0.6) is 0 Å². The molecule has 0 bridgehead atoms. The van der Waals surface area contributed by atoms with Gasteiger partial charge in [0.1, 0.15) is 0 Å². The summed E-state index contributed by atoms with van der Waals surface area (Å²) in [6, 6.07) is 2.76. The molecule has 0 aromatic heterocycles. The highest BCUT2D eigenvalue weighted by atomic mass is 35.5. The number of nitro groups is 1. The Kier molecular flexibility index (Phi) is 7.15. The minimum absolute atomic E-state index is 0. The van der Waals surface area contributed by atoms with Gasteiger partial charge in [-0.05, 0) is 57.8 Å². The van der Waals surface area contributed by atoms with Gasteiger partial charge >= 0.3 is 0 Å². The van der Waals surface area contributed by atoms with Crippen molar-refractivity contribution in [1.82, 2.24) is 9.62 Å². The van der Waals surface area contributed by atoms with E-state index in [2.05, 4.69) is 5.32 Å². The fourth-order valence-corrected chi connectivity index (χ4v) is 4.77. The summed E-state index contributed by atoms with van der Waals surface area (Å²) in [4.78, 5) is 10.6. The molecule has 1 N–H and O–H groups in total. The van der Waals surface area contributed by atoms with E-state index in [0.717, 1.165) is 19.4 Å². The molecule has 0 aliphatic carbocycles. The highest BCUT2D eigenvalue weighted by Crippen LogP contribution is 2.30. The fraction of sp³-hybridized carbons (Fsp3) is 0.600. The number of halogens is 1. The molecule has 0 amide bonds. The minimum atomic E-state index is -3.70. The quantitative estimate of drug-likeness (QED) is 0.627. The lowest BCUT2D eigenvalue weighted by atomic mass is 9.98. The summed E-state index contributed by atoms with van der Waals surface area (Å²) in [7, 11) is -1.81. The molecule has 24 heavy (non-hydrogen) atoms. The van der Waals surface area contributed by atoms with Crippen LogP contribution in [0.15, 0.2) is 17.0 Å². The largest absolute Gasteiger partial charge is 0.319 e. The standard InChI is InChI=1S/C15H23N3O4S.ClH/c1-11-8-12(2)15(9-14(11)18(19)20)23(21,22)17-6-4-13(5-7-17)10-16-3;/h8-9,13,16H,4-7,10H2,1-3H3;1H. The van der Waals surface area contributed by atoms with Crippen molar-refractivity contribution in [3.8, 4) is 0 Å². The second kappa shape index (κ2) is 8.24. The molecule has 1 aromatic rings. The summed E-state index contributed by atoms with van der Waals surface area (Å²) < 4.78 is 27.1.